The Balaban J connectivity index is 2.13. The van der Waals surface area contributed by atoms with Crippen LogP contribution in [0.25, 0.3) is 0 Å². The maximum atomic E-state index is 12.6. The normalized spacial score (nSPS) is 20.1. The van der Waals surface area contributed by atoms with Crippen LogP contribution < -0.4 is 10.5 Å². The van der Waals surface area contributed by atoms with Crippen LogP contribution in [0.2, 0.25) is 0 Å². The predicted octanol–water partition coefficient (Wildman–Crippen LogP) is 2.55. The Morgan fingerprint density at radius 1 is 1.28 bits per heavy atom. The Bertz CT molecular complexity index is 761. The van der Waals surface area contributed by atoms with Crippen LogP contribution in [0.5, 0.6) is 5.75 Å². The van der Waals surface area contributed by atoms with E-state index >= 15 is 0 Å². The molecule has 132 valence electrons. The highest BCUT2D eigenvalue weighted by molar-refractivity contribution is 6.03. The molecule has 6 nitrogen and oxygen atoms in total. The van der Waals surface area contributed by atoms with Crippen molar-refractivity contribution in [2.45, 2.75) is 32.1 Å². The Morgan fingerprint density at radius 3 is 2.64 bits per heavy atom. The van der Waals surface area contributed by atoms with Crippen LogP contribution in [0, 0.1) is 0 Å². The number of hydrogen-bond acceptors (Lipinski definition) is 6. The van der Waals surface area contributed by atoms with Crippen LogP contribution in [0.15, 0.2) is 47.1 Å². The van der Waals surface area contributed by atoms with E-state index in [0.29, 0.717) is 29.9 Å². The number of allylic oxidation sites excluding steroid dienone is 2. The largest absolute Gasteiger partial charge is 0.497 e. The van der Waals surface area contributed by atoms with Crippen molar-refractivity contribution >= 4 is 11.8 Å². The Kier molecular flexibility index (Phi) is 4.79. The number of carbonyl (C=O) groups is 2. The maximum absolute atomic E-state index is 12.6. The monoisotopic (exact) mass is 343 g/mol. The van der Waals surface area contributed by atoms with E-state index in [0.717, 1.165) is 12.0 Å². The molecule has 0 amide bonds. The lowest BCUT2D eigenvalue weighted by Crippen LogP contribution is -2.31. The number of esters is 1. The lowest BCUT2D eigenvalue weighted by Gasteiger charge is -2.32. The zero-order chi connectivity index (χ0) is 18.0. The van der Waals surface area contributed by atoms with Gasteiger partial charge < -0.3 is 19.9 Å². The molecule has 6 heteroatoms. The number of benzene rings is 1. The molecule has 0 unspecified atom stereocenters. The number of ketones is 1. The molecule has 0 spiro atoms. The average molecular weight is 343 g/mol. The van der Waals surface area contributed by atoms with E-state index < -0.39 is 11.9 Å². The van der Waals surface area contributed by atoms with Crippen molar-refractivity contribution in [1.82, 2.24) is 0 Å². The third-order valence-corrected chi connectivity index (χ3v) is 4.43. The fourth-order valence-electron chi connectivity index (χ4n) is 3.29. The number of ether oxygens (including phenoxy) is 3. The van der Waals surface area contributed by atoms with Crippen LogP contribution in [0.3, 0.4) is 0 Å². The molecule has 1 aliphatic carbocycles. The minimum atomic E-state index is -0.582. The minimum absolute atomic E-state index is 0.00715. The Hall–Kier alpha value is -2.76. The summed E-state index contributed by atoms with van der Waals surface area (Å²) in [6.07, 6.45) is 1.78. The topological polar surface area (TPSA) is 87.9 Å². The smallest absolute Gasteiger partial charge is 0.340 e. The number of hydrogen-bond donors (Lipinski definition) is 1. The summed E-state index contributed by atoms with van der Waals surface area (Å²) in [5.41, 5.74) is 7.50. The number of rotatable bonds is 4. The molecule has 1 aliphatic heterocycles. The summed E-state index contributed by atoms with van der Waals surface area (Å²) in [5, 5.41) is 0. The molecule has 1 heterocycles. The first-order valence-corrected chi connectivity index (χ1v) is 8.31. The SMILES string of the molecule is CCOC(=O)C1=C(N)OC2=C(C(=O)CCC2)[C@@H]1c1ccc(OC)cc1. The van der Waals surface area contributed by atoms with Gasteiger partial charge in [-0.15, -0.1) is 0 Å². The van der Waals surface area contributed by atoms with E-state index in [-0.39, 0.29) is 23.8 Å². The molecule has 1 aromatic carbocycles. The summed E-state index contributed by atoms with van der Waals surface area (Å²) in [5.74, 6) is 0.0913. The summed E-state index contributed by atoms with van der Waals surface area (Å²) in [6.45, 7) is 1.93. The van der Waals surface area contributed by atoms with E-state index in [1.54, 1.807) is 26.2 Å². The van der Waals surface area contributed by atoms with Gasteiger partial charge in [0.25, 0.3) is 0 Å². The van der Waals surface area contributed by atoms with Crippen molar-refractivity contribution in [3.05, 3.63) is 52.6 Å². The second-order valence-corrected chi connectivity index (χ2v) is 5.92. The van der Waals surface area contributed by atoms with Gasteiger partial charge in [0.15, 0.2) is 5.78 Å². The standard InChI is InChI=1S/C19H21NO5/c1-3-24-19(22)17-15(11-7-9-12(23-2)10-8-11)16-13(21)5-4-6-14(16)25-18(17)20/h7-10,15H,3-6,20H2,1-2H3/t15-/m0/s1. The van der Waals surface area contributed by atoms with Gasteiger partial charge in [0.2, 0.25) is 5.88 Å². The molecular weight excluding hydrogens is 322 g/mol. The second-order valence-electron chi connectivity index (χ2n) is 5.92. The molecule has 0 aromatic heterocycles. The third kappa shape index (κ3) is 3.12. The Morgan fingerprint density at radius 2 is 2.00 bits per heavy atom. The molecule has 0 fully saturated rings. The van der Waals surface area contributed by atoms with Crippen LogP contribution in [-0.4, -0.2) is 25.5 Å². The third-order valence-electron chi connectivity index (χ3n) is 4.43. The van der Waals surface area contributed by atoms with Gasteiger partial charge in [-0.1, -0.05) is 12.1 Å². The zero-order valence-electron chi connectivity index (χ0n) is 14.3. The molecule has 25 heavy (non-hydrogen) atoms. The first-order valence-electron chi connectivity index (χ1n) is 8.31. The molecule has 0 radical (unpaired) electrons. The first-order chi connectivity index (χ1) is 12.1. The summed E-state index contributed by atoms with van der Waals surface area (Å²) >= 11 is 0. The van der Waals surface area contributed by atoms with E-state index in [1.165, 1.54) is 0 Å². The van der Waals surface area contributed by atoms with E-state index in [2.05, 4.69) is 0 Å². The average Bonchev–Trinajstić information content (AvgIpc) is 2.61. The van der Waals surface area contributed by atoms with Gasteiger partial charge in [-0.3, -0.25) is 4.79 Å². The van der Waals surface area contributed by atoms with Crippen molar-refractivity contribution in [3.63, 3.8) is 0 Å². The molecule has 0 saturated heterocycles. The summed E-state index contributed by atoms with van der Waals surface area (Å²) < 4.78 is 16.0. The van der Waals surface area contributed by atoms with E-state index in [9.17, 15) is 9.59 Å². The highest BCUT2D eigenvalue weighted by atomic mass is 16.5. The van der Waals surface area contributed by atoms with Gasteiger partial charge in [0.1, 0.15) is 17.1 Å². The van der Waals surface area contributed by atoms with Gasteiger partial charge >= 0.3 is 5.97 Å². The van der Waals surface area contributed by atoms with Crippen molar-refractivity contribution in [1.29, 1.82) is 0 Å². The van der Waals surface area contributed by atoms with Crippen molar-refractivity contribution in [2.24, 2.45) is 5.73 Å². The van der Waals surface area contributed by atoms with Gasteiger partial charge in [0, 0.05) is 18.4 Å². The molecule has 1 aromatic rings. The molecular formula is C19H21NO5. The lowest BCUT2D eigenvalue weighted by molar-refractivity contribution is -0.139. The predicted molar refractivity (Wildman–Crippen MR) is 90.6 cm³/mol. The highest BCUT2D eigenvalue weighted by Gasteiger charge is 2.41. The fourth-order valence-corrected chi connectivity index (χ4v) is 3.29. The molecule has 2 aliphatic rings. The van der Waals surface area contributed by atoms with Gasteiger partial charge in [-0.05, 0) is 31.0 Å². The van der Waals surface area contributed by atoms with Gasteiger partial charge in [-0.25, -0.2) is 4.79 Å². The second kappa shape index (κ2) is 7.01. The maximum Gasteiger partial charge on any atom is 0.340 e. The lowest BCUT2D eigenvalue weighted by atomic mass is 9.77. The quantitative estimate of drug-likeness (QED) is 0.845. The fraction of sp³-hybridized carbons (Fsp3) is 0.368. The molecule has 2 N–H and O–H groups in total. The summed E-state index contributed by atoms with van der Waals surface area (Å²) in [4.78, 5) is 25.1. The van der Waals surface area contributed by atoms with Gasteiger partial charge in [0.05, 0.1) is 19.6 Å². The number of methoxy groups -OCH3 is 1. The van der Waals surface area contributed by atoms with Crippen LogP contribution in [-0.2, 0) is 19.1 Å². The number of carbonyl (C=O) groups excluding carboxylic acids is 2. The number of nitrogens with two attached hydrogens (primary N) is 1. The molecule has 1 atom stereocenters. The van der Waals surface area contributed by atoms with Crippen LogP contribution >= 0.6 is 0 Å². The summed E-state index contributed by atoms with van der Waals surface area (Å²) in [6, 6.07) is 7.23. The zero-order valence-corrected chi connectivity index (χ0v) is 14.3. The number of Topliss-reactive ketones (excluding diaryl/α,β-unsaturated/α-hetero) is 1. The molecule has 0 bridgehead atoms. The van der Waals surface area contributed by atoms with Crippen molar-refractivity contribution < 1.29 is 23.8 Å². The Labute approximate surface area is 146 Å². The van der Waals surface area contributed by atoms with Crippen LogP contribution in [0.4, 0.5) is 0 Å². The molecule has 3 rings (SSSR count). The van der Waals surface area contributed by atoms with Gasteiger partial charge in [-0.2, -0.15) is 0 Å². The first kappa shape index (κ1) is 17.1. The van der Waals surface area contributed by atoms with E-state index in [4.69, 9.17) is 19.9 Å². The van der Waals surface area contributed by atoms with Crippen molar-refractivity contribution in [3.8, 4) is 5.75 Å². The highest BCUT2D eigenvalue weighted by Crippen LogP contribution is 2.44. The molecule has 0 saturated carbocycles. The van der Waals surface area contributed by atoms with E-state index in [1.807, 2.05) is 12.1 Å². The van der Waals surface area contributed by atoms with Crippen LogP contribution in [0.1, 0.15) is 37.7 Å². The summed E-state index contributed by atoms with van der Waals surface area (Å²) in [7, 11) is 1.58. The minimum Gasteiger partial charge on any atom is -0.497 e. The van der Waals surface area contributed by atoms with Crippen molar-refractivity contribution in [2.75, 3.05) is 13.7 Å².